The van der Waals surface area contributed by atoms with Gasteiger partial charge in [-0.3, -0.25) is 0 Å². The van der Waals surface area contributed by atoms with Crippen LogP contribution in [-0.2, 0) is 9.47 Å². The molecule has 0 aromatic carbocycles. The van der Waals surface area contributed by atoms with Gasteiger partial charge in [0.25, 0.3) is 0 Å². The number of hydrogen-bond acceptors (Lipinski definition) is 5. The molecule has 0 N–H and O–H groups in total. The maximum atomic E-state index is 5.75. The number of hydrogen-bond donors (Lipinski definition) is 0. The van der Waals surface area contributed by atoms with Gasteiger partial charge >= 0.3 is 0 Å². The van der Waals surface area contributed by atoms with Crippen LogP contribution < -0.4 is 4.90 Å². The van der Waals surface area contributed by atoms with Crippen molar-refractivity contribution in [2.45, 2.75) is 25.6 Å². The normalized spacial score (nSPS) is 23.2. The summed E-state index contributed by atoms with van der Waals surface area (Å²) in [6.07, 6.45) is 3.81. The van der Waals surface area contributed by atoms with Crippen molar-refractivity contribution in [2.24, 2.45) is 0 Å². The highest BCUT2D eigenvalue weighted by Crippen LogP contribution is 2.31. The zero-order chi connectivity index (χ0) is 11.7. The number of aryl methyl sites for hydroxylation is 1. The standard InChI is InChI=1S/C12H17N3O2/c1-10-7-11(14-13-8-10)15-4-2-3-12(9-15)16-5-6-17-12/h7-8H,2-6,9H2,1H3. The highest BCUT2D eigenvalue weighted by atomic mass is 16.7. The lowest BCUT2D eigenvalue weighted by Crippen LogP contribution is -2.49. The first-order valence-corrected chi connectivity index (χ1v) is 6.10. The summed E-state index contributed by atoms with van der Waals surface area (Å²) in [7, 11) is 0. The summed E-state index contributed by atoms with van der Waals surface area (Å²) in [6.45, 7) is 5.18. The summed E-state index contributed by atoms with van der Waals surface area (Å²) >= 11 is 0. The first kappa shape index (κ1) is 10.9. The van der Waals surface area contributed by atoms with Crippen molar-refractivity contribution >= 4 is 5.82 Å². The number of rotatable bonds is 1. The maximum absolute atomic E-state index is 5.75. The fraction of sp³-hybridized carbons (Fsp3) is 0.667. The summed E-state index contributed by atoms with van der Waals surface area (Å²) in [4.78, 5) is 2.20. The van der Waals surface area contributed by atoms with E-state index in [0.29, 0.717) is 13.2 Å². The SMILES string of the molecule is Cc1cnnc(N2CCCC3(C2)OCCO3)c1. The van der Waals surface area contributed by atoms with Crippen LogP contribution in [0.3, 0.4) is 0 Å². The molecule has 17 heavy (non-hydrogen) atoms. The largest absolute Gasteiger partial charge is 0.350 e. The Hall–Kier alpha value is -1.20. The van der Waals surface area contributed by atoms with Crippen LogP contribution in [-0.4, -0.2) is 42.3 Å². The highest BCUT2D eigenvalue weighted by Gasteiger charge is 2.41. The van der Waals surface area contributed by atoms with E-state index in [1.807, 2.05) is 6.92 Å². The minimum atomic E-state index is -0.399. The average molecular weight is 235 g/mol. The Bertz CT molecular complexity index is 404. The van der Waals surface area contributed by atoms with Crippen LogP contribution in [0.5, 0.6) is 0 Å². The average Bonchev–Trinajstić information content (AvgIpc) is 2.77. The van der Waals surface area contributed by atoms with Gasteiger partial charge < -0.3 is 14.4 Å². The van der Waals surface area contributed by atoms with E-state index in [1.54, 1.807) is 6.20 Å². The van der Waals surface area contributed by atoms with Gasteiger partial charge in [0, 0.05) is 13.0 Å². The van der Waals surface area contributed by atoms with Crippen LogP contribution >= 0.6 is 0 Å². The van der Waals surface area contributed by atoms with Gasteiger partial charge in [-0.1, -0.05) is 0 Å². The highest BCUT2D eigenvalue weighted by molar-refractivity contribution is 5.40. The van der Waals surface area contributed by atoms with E-state index in [0.717, 1.165) is 37.3 Å². The quantitative estimate of drug-likeness (QED) is 0.730. The molecule has 2 aliphatic rings. The second kappa shape index (κ2) is 4.23. The van der Waals surface area contributed by atoms with Gasteiger partial charge in [0.05, 0.1) is 26.0 Å². The van der Waals surface area contributed by atoms with Crippen molar-refractivity contribution in [2.75, 3.05) is 31.2 Å². The predicted octanol–water partition coefficient (Wildman–Crippen LogP) is 1.13. The summed E-state index contributed by atoms with van der Waals surface area (Å²) in [5.41, 5.74) is 1.13. The van der Waals surface area contributed by atoms with Crippen molar-refractivity contribution in [3.05, 3.63) is 17.8 Å². The third-order valence-corrected chi connectivity index (χ3v) is 3.33. The van der Waals surface area contributed by atoms with Gasteiger partial charge in [0.15, 0.2) is 11.6 Å². The minimum absolute atomic E-state index is 0.399. The first-order chi connectivity index (χ1) is 8.27. The molecule has 0 atom stereocenters. The lowest BCUT2D eigenvalue weighted by Gasteiger charge is -2.38. The third-order valence-electron chi connectivity index (χ3n) is 3.33. The first-order valence-electron chi connectivity index (χ1n) is 6.10. The van der Waals surface area contributed by atoms with Gasteiger partial charge in [-0.2, -0.15) is 5.10 Å². The summed E-state index contributed by atoms with van der Waals surface area (Å²) < 4.78 is 11.5. The molecule has 0 aliphatic carbocycles. The van der Waals surface area contributed by atoms with Crippen LogP contribution in [0.1, 0.15) is 18.4 Å². The molecule has 0 radical (unpaired) electrons. The van der Waals surface area contributed by atoms with Crippen LogP contribution in [0.25, 0.3) is 0 Å². The molecular formula is C12H17N3O2. The van der Waals surface area contributed by atoms with E-state index >= 15 is 0 Å². The molecule has 1 aromatic rings. The molecule has 3 rings (SSSR count). The summed E-state index contributed by atoms with van der Waals surface area (Å²) in [5, 5.41) is 8.18. The number of piperidine rings is 1. The molecule has 3 heterocycles. The van der Waals surface area contributed by atoms with Gasteiger partial charge in [0.1, 0.15) is 0 Å². The number of nitrogens with zero attached hydrogens (tertiary/aromatic N) is 3. The fourth-order valence-electron chi connectivity index (χ4n) is 2.52. The predicted molar refractivity (Wildman–Crippen MR) is 62.9 cm³/mol. The van der Waals surface area contributed by atoms with Crippen molar-refractivity contribution in [1.29, 1.82) is 0 Å². The lowest BCUT2D eigenvalue weighted by molar-refractivity contribution is -0.161. The lowest BCUT2D eigenvalue weighted by atomic mass is 10.0. The second-order valence-corrected chi connectivity index (χ2v) is 4.72. The Morgan fingerprint density at radius 1 is 1.35 bits per heavy atom. The molecule has 2 fully saturated rings. The Kier molecular flexibility index (Phi) is 2.72. The molecule has 2 aliphatic heterocycles. The molecule has 5 nitrogen and oxygen atoms in total. The molecule has 0 unspecified atom stereocenters. The van der Waals surface area contributed by atoms with Gasteiger partial charge in [-0.15, -0.1) is 5.10 Å². The molecule has 5 heteroatoms. The topological polar surface area (TPSA) is 47.5 Å². The second-order valence-electron chi connectivity index (χ2n) is 4.72. The summed E-state index contributed by atoms with van der Waals surface area (Å²) in [5.74, 6) is 0.520. The molecule has 0 bridgehead atoms. The zero-order valence-electron chi connectivity index (χ0n) is 10.1. The third kappa shape index (κ3) is 2.12. The van der Waals surface area contributed by atoms with Crippen molar-refractivity contribution in [1.82, 2.24) is 10.2 Å². The maximum Gasteiger partial charge on any atom is 0.186 e. The molecule has 92 valence electrons. The van der Waals surface area contributed by atoms with Crippen molar-refractivity contribution in [3.63, 3.8) is 0 Å². The minimum Gasteiger partial charge on any atom is -0.350 e. The molecule has 2 saturated heterocycles. The Morgan fingerprint density at radius 2 is 2.18 bits per heavy atom. The molecular weight excluding hydrogens is 218 g/mol. The van der Waals surface area contributed by atoms with Crippen molar-refractivity contribution < 1.29 is 9.47 Å². The van der Waals surface area contributed by atoms with Gasteiger partial charge in [0.2, 0.25) is 0 Å². The van der Waals surface area contributed by atoms with Gasteiger partial charge in [-0.25, -0.2) is 0 Å². The van der Waals surface area contributed by atoms with E-state index in [2.05, 4.69) is 21.2 Å². The van der Waals surface area contributed by atoms with Crippen molar-refractivity contribution in [3.8, 4) is 0 Å². The van der Waals surface area contributed by atoms with E-state index in [4.69, 9.17) is 9.47 Å². The Balaban J connectivity index is 1.79. The number of ether oxygens (including phenoxy) is 2. The molecule has 1 spiro atoms. The van der Waals surface area contributed by atoms with Crippen LogP contribution in [0.4, 0.5) is 5.82 Å². The summed E-state index contributed by atoms with van der Waals surface area (Å²) in [6, 6.07) is 2.06. The van der Waals surface area contributed by atoms with Crippen LogP contribution in [0.15, 0.2) is 12.3 Å². The van der Waals surface area contributed by atoms with Crippen LogP contribution in [0, 0.1) is 6.92 Å². The molecule has 0 amide bonds. The Morgan fingerprint density at radius 3 is 2.94 bits per heavy atom. The molecule has 1 aromatic heterocycles. The van der Waals surface area contributed by atoms with E-state index < -0.39 is 5.79 Å². The fourth-order valence-corrected chi connectivity index (χ4v) is 2.52. The molecule has 0 saturated carbocycles. The number of aromatic nitrogens is 2. The number of anilines is 1. The Labute approximate surface area is 101 Å². The van der Waals surface area contributed by atoms with Crippen LogP contribution in [0.2, 0.25) is 0 Å². The van der Waals surface area contributed by atoms with E-state index in [-0.39, 0.29) is 0 Å². The van der Waals surface area contributed by atoms with Gasteiger partial charge in [-0.05, 0) is 25.0 Å². The monoisotopic (exact) mass is 235 g/mol. The van der Waals surface area contributed by atoms with E-state index in [1.165, 1.54) is 0 Å². The zero-order valence-corrected chi connectivity index (χ0v) is 10.1. The van der Waals surface area contributed by atoms with E-state index in [9.17, 15) is 0 Å². The smallest absolute Gasteiger partial charge is 0.186 e.